The summed E-state index contributed by atoms with van der Waals surface area (Å²) in [6.07, 6.45) is 7.12. The maximum Gasteiger partial charge on any atom is 0.230 e. The van der Waals surface area contributed by atoms with E-state index < -0.39 is 0 Å². The number of nitrogens with zero attached hydrogens (tertiary/aromatic N) is 3. The Kier molecular flexibility index (Phi) is 4.10. The summed E-state index contributed by atoms with van der Waals surface area (Å²) in [4.78, 5) is 22.8. The lowest BCUT2D eigenvalue weighted by molar-refractivity contribution is -0.146. The van der Waals surface area contributed by atoms with Gasteiger partial charge in [0.25, 0.3) is 0 Å². The number of anilines is 1. The van der Waals surface area contributed by atoms with Gasteiger partial charge in [-0.25, -0.2) is 4.98 Å². The number of benzene rings is 1. The number of carbonyl (C=O) groups is 1. The summed E-state index contributed by atoms with van der Waals surface area (Å²) < 4.78 is 0. The van der Waals surface area contributed by atoms with Crippen molar-refractivity contribution in [2.75, 3.05) is 31.1 Å². The molecule has 1 unspecified atom stereocenters. The van der Waals surface area contributed by atoms with Gasteiger partial charge in [-0.05, 0) is 62.6 Å². The summed E-state index contributed by atoms with van der Waals surface area (Å²) in [5, 5.41) is 1.22. The van der Waals surface area contributed by atoms with Crippen LogP contribution in [0.5, 0.6) is 0 Å². The highest BCUT2D eigenvalue weighted by Gasteiger charge is 2.49. The van der Waals surface area contributed by atoms with E-state index in [0.717, 1.165) is 62.7 Å². The van der Waals surface area contributed by atoms with Crippen LogP contribution in [0.4, 0.5) is 5.82 Å². The minimum absolute atomic E-state index is 0.177. The number of fused-ring (bicyclic) bond motifs is 1. The fourth-order valence-electron chi connectivity index (χ4n) is 5.25. The second-order valence-electron chi connectivity index (χ2n) is 8.92. The maximum absolute atomic E-state index is 13.4. The number of carbonyl (C=O) groups excluding carboxylic acids is 1. The average molecular weight is 364 g/mol. The van der Waals surface area contributed by atoms with E-state index in [9.17, 15) is 4.79 Å². The van der Waals surface area contributed by atoms with Crippen molar-refractivity contribution in [1.29, 1.82) is 0 Å². The van der Waals surface area contributed by atoms with Crippen LogP contribution in [0.2, 0.25) is 0 Å². The molecule has 1 amide bonds. The Hall–Kier alpha value is -2.10. The highest BCUT2D eigenvalue weighted by Crippen LogP contribution is 2.42. The lowest BCUT2D eigenvalue weighted by Gasteiger charge is -2.42. The quantitative estimate of drug-likeness (QED) is 0.821. The fourth-order valence-corrected chi connectivity index (χ4v) is 5.25. The summed E-state index contributed by atoms with van der Waals surface area (Å²) >= 11 is 0. The van der Waals surface area contributed by atoms with E-state index >= 15 is 0 Å². The van der Waals surface area contributed by atoms with Crippen LogP contribution in [0, 0.1) is 18.3 Å². The maximum atomic E-state index is 13.4. The van der Waals surface area contributed by atoms with Crippen LogP contribution in [0.1, 0.15) is 44.1 Å². The number of rotatable bonds is 3. The van der Waals surface area contributed by atoms with Crippen LogP contribution in [-0.2, 0) is 4.79 Å². The number of para-hydroxylation sites is 1. The van der Waals surface area contributed by atoms with Gasteiger partial charge in [0.15, 0.2) is 0 Å². The first-order valence-corrected chi connectivity index (χ1v) is 10.6. The summed E-state index contributed by atoms with van der Waals surface area (Å²) in [6.45, 7) is 5.88. The zero-order chi connectivity index (χ0) is 18.4. The summed E-state index contributed by atoms with van der Waals surface area (Å²) in [6, 6.07) is 10.5. The second kappa shape index (κ2) is 6.50. The van der Waals surface area contributed by atoms with Crippen molar-refractivity contribution in [2.45, 2.75) is 45.4 Å². The molecule has 1 aliphatic carbocycles. The van der Waals surface area contributed by atoms with E-state index in [-0.39, 0.29) is 5.41 Å². The van der Waals surface area contributed by atoms with E-state index in [2.05, 4.69) is 41.0 Å². The molecular weight excluding hydrogens is 334 g/mol. The minimum atomic E-state index is -0.177. The number of likely N-dealkylation sites (tertiary alicyclic amines) is 1. The average Bonchev–Trinajstić information content (AvgIpc) is 3.07. The monoisotopic (exact) mass is 363 g/mol. The van der Waals surface area contributed by atoms with Crippen molar-refractivity contribution < 1.29 is 4.79 Å². The van der Waals surface area contributed by atoms with Crippen molar-refractivity contribution in [3.05, 3.63) is 35.9 Å². The largest absolute Gasteiger partial charge is 0.355 e. The van der Waals surface area contributed by atoms with E-state index in [4.69, 9.17) is 4.98 Å². The van der Waals surface area contributed by atoms with Gasteiger partial charge in [-0.15, -0.1) is 0 Å². The predicted octanol–water partition coefficient (Wildman–Crippen LogP) is 4.16. The lowest BCUT2D eigenvalue weighted by atomic mass is 9.77. The van der Waals surface area contributed by atoms with Crippen LogP contribution in [0.25, 0.3) is 10.9 Å². The smallest absolute Gasteiger partial charge is 0.230 e. The topological polar surface area (TPSA) is 36.4 Å². The number of amides is 1. The molecule has 1 atom stereocenters. The highest BCUT2D eigenvalue weighted by molar-refractivity contribution is 5.86. The van der Waals surface area contributed by atoms with Crippen molar-refractivity contribution in [2.24, 2.45) is 11.3 Å². The van der Waals surface area contributed by atoms with Gasteiger partial charge in [0.1, 0.15) is 5.82 Å². The summed E-state index contributed by atoms with van der Waals surface area (Å²) in [5.41, 5.74) is 2.14. The molecule has 4 heteroatoms. The first-order chi connectivity index (χ1) is 13.1. The molecule has 1 spiro atoms. The van der Waals surface area contributed by atoms with E-state index in [1.165, 1.54) is 30.2 Å². The molecule has 3 heterocycles. The highest BCUT2D eigenvalue weighted by atomic mass is 16.2. The third-order valence-corrected chi connectivity index (χ3v) is 7.11. The van der Waals surface area contributed by atoms with Crippen molar-refractivity contribution >= 4 is 22.6 Å². The number of pyridine rings is 1. The molecule has 5 rings (SSSR count). The fraction of sp³-hybridized carbons (Fsp3) is 0.565. The molecule has 3 aliphatic rings. The molecule has 27 heavy (non-hydrogen) atoms. The Bertz CT molecular complexity index is 875. The zero-order valence-corrected chi connectivity index (χ0v) is 16.3. The van der Waals surface area contributed by atoms with Crippen LogP contribution >= 0.6 is 0 Å². The van der Waals surface area contributed by atoms with Crippen LogP contribution in [-0.4, -0.2) is 42.0 Å². The molecule has 2 aromatic rings. The van der Waals surface area contributed by atoms with Gasteiger partial charge in [0, 0.05) is 31.6 Å². The number of hydrogen-bond acceptors (Lipinski definition) is 3. The van der Waals surface area contributed by atoms with Gasteiger partial charge in [-0.1, -0.05) is 24.6 Å². The van der Waals surface area contributed by atoms with Gasteiger partial charge >= 0.3 is 0 Å². The van der Waals surface area contributed by atoms with Crippen molar-refractivity contribution in [3.63, 3.8) is 0 Å². The van der Waals surface area contributed by atoms with Gasteiger partial charge in [0.2, 0.25) is 5.91 Å². The Balaban J connectivity index is 1.38. The molecule has 1 aromatic carbocycles. The summed E-state index contributed by atoms with van der Waals surface area (Å²) in [5.74, 6) is 2.21. The van der Waals surface area contributed by atoms with Crippen LogP contribution in [0.3, 0.4) is 0 Å². The van der Waals surface area contributed by atoms with Gasteiger partial charge < -0.3 is 9.80 Å². The Morgan fingerprint density at radius 3 is 2.81 bits per heavy atom. The van der Waals surface area contributed by atoms with Crippen LogP contribution in [0.15, 0.2) is 30.3 Å². The molecule has 2 saturated heterocycles. The third-order valence-electron chi connectivity index (χ3n) is 7.11. The van der Waals surface area contributed by atoms with Crippen LogP contribution < -0.4 is 4.90 Å². The Morgan fingerprint density at radius 1 is 1.15 bits per heavy atom. The van der Waals surface area contributed by atoms with Gasteiger partial charge in [-0.2, -0.15) is 0 Å². The molecule has 0 N–H and O–H groups in total. The van der Waals surface area contributed by atoms with Gasteiger partial charge in [-0.3, -0.25) is 4.79 Å². The minimum Gasteiger partial charge on any atom is -0.355 e. The Morgan fingerprint density at radius 2 is 2.00 bits per heavy atom. The molecule has 0 radical (unpaired) electrons. The van der Waals surface area contributed by atoms with Gasteiger partial charge in [0.05, 0.1) is 10.9 Å². The molecule has 4 nitrogen and oxygen atoms in total. The van der Waals surface area contributed by atoms with Crippen molar-refractivity contribution in [3.8, 4) is 0 Å². The molecular formula is C23H29N3O. The van der Waals surface area contributed by atoms with E-state index in [1.807, 2.05) is 6.07 Å². The first-order valence-electron chi connectivity index (χ1n) is 10.6. The molecule has 2 aliphatic heterocycles. The number of aromatic nitrogens is 1. The Labute approximate surface area is 161 Å². The summed E-state index contributed by atoms with van der Waals surface area (Å²) in [7, 11) is 0. The number of hydrogen-bond donors (Lipinski definition) is 0. The molecule has 1 aromatic heterocycles. The second-order valence-corrected chi connectivity index (χ2v) is 8.92. The number of aryl methyl sites for hydroxylation is 1. The lowest BCUT2D eigenvalue weighted by Crippen LogP contribution is -2.51. The molecule has 142 valence electrons. The molecule has 0 bridgehead atoms. The van der Waals surface area contributed by atoms with E-state index in [1.54, 1.807) is 0 Å². The number of piperidine rings is 1. The zero-order valence-electron chi connectivity index (χ0n) is 16.3. The predicted molar refractivity (Wildman–Crippen MR) is 109 cm³/mol. The third kappa shape index (κ3) is 2.90. The van der Waals surface area contributed by atoms with E-state index in [0.29, 0.717) is 5.91 Å². The van der Waals surface area contributed by atoms with Crippen molar-refractivity contribution in [1.82, 2.24) is 9.88 Å². The molecule has 1 saturated carbocycles. The normalized spacial score (nSPS) is 26.2. The molecule has 3 fully saturated rings. The first kappa shape index (κ1) is 17.0. The standard InChI is InChI=1S/C23H29N3O/c1-17-14-21(24-20-9-3-2-8-19(17)20)26-13-11-23(16-26)10-5-12-25(22(23)27)15-18-6-4-7-18/h2-3,8-9,14,18H,4-7,10-13,15-16H2,1H3. The SMILES string of the molecule is Cc1cc(N2CCC3(CCCN(CC4CCC4)C3=O)C2)nc2ccccc12.